The summed E-state index contributed by atoms with van der Waals surface area (Å²) in [5.41, 5.74) is 2.58. The molecule has 10 heteroatoms. The van der Waals surface area contributed by atoms with Crippen molar-refractivity contribution in [2.75, 3.05) is 6.61 Å². The van der Waals surface area contributed by atoms with Gasteiger partial charge in [0.15, 0.2) is 5.82 Å². The Morgan fingerprint density at radius 1 is 1.08 bits per heavy atom. The van der Waals surface area contributed by atoms with Gasteiger partial charge in [-0.2, -0.15) is 0 Å². The molecule has 0 saturated heterocycles. The third-order valence-electron chi connectivity index (χ3n) is 6.49. The van der Waals surface area contributed by atoms with Crippen LogP contribution in [0, 0.1) is 6.92 Å². The van der Waals surface area contributed by atoms with Crippen molar-refractivity contribution in [1.29, 1.82) is 0 Å². The summed E-state index contributed by atoms with van der Waals surface area (Å²) in [5.74, 6) is 2.34. The molecule has 1 aliphatic carbocycles. The largest absolute Gasteiger partial charge is 0.492 e. The van der Waals surface area contributed by atoms with Gasteiger partial charge in [0.25, 0.3) is 5.91 Å². The molecule has 1 aliphatic rings. The Balaban J connectivity index is 1.23. The number of pyridine rings is 3. The van der Waals surface area contributed by atoms with E-state index < -0.39 is 0 Å². The van der Waals surface area contributed by atoms with Crippen LogP contribution in [0.4, 0.5) is 0 Å². The highest BCUT2D eigenvalue weighted by molar-refractivity contribution is 7.14. The molecule has 1 amide bonds. The fraction of sp³-hybridized carbons (Fsp3) is 0.259. The minimum atomic E-state index is -0.135. The SMILES string of the molecule is CCOc1ccc(-c2nnc([C@H]3C[C@H](NC(=O)c4ccnc5cccnc45)C3)n2-c2ccc(C)s2)nc1. The van der Waals surface area contributed by atoms with Crippen LogP contribution < -0.4 is 10.1 Å². The zero-order valence-corrected chi connectivity index (χ0v) is 21.3. The lowest BCUT2D eigenvalue weighted by atomic mass is 9.79. The number of hydrogen-bond donors (Lipinski definition) is 1. The second-order valence-electron chi connectivity index (χ2n) is 8.98. The number of aromatic nitrogens is 6. The van der Waals surface area contributed by atoms with Crippen molar-refractivity contribution < 1.29 is 9.53 Å². The van der Waals surface area contributed by atoms with E-state index in [-0.39, 0.29) is 17.9 Å². The normalized spacial score (nSPS) is 16.9. The third-order valence-corrected chi connectivity index (χ3v) is 7.48. The summed E-state index contributed by atoms with van der Waals surface area (Å²) in [5, 5.41) is 13.3. The molecule has 0 unspecified atom stereocenters. The van der Waals surface area contributed by atoms with Gasteiger partial charge in [0.1, 0.15) is 27.8 Å². The zero-order chi connectivity index (χ0) is 25.4. The fourth-order valence-corrected chi connectivity index (χ4v) is 5.50. The maximum absolute atomic E-state index is 13.0. The molecule has 186 valence electrons. The number of carbonyl (C=O) groups excluding carboxylic acids is 1. The first-order chi connectivity index (χ1) is 18.1. The Labute approximate surface area is 217 Å². The quantitative estimate of drug-likeness (QED) is 0.337. The van der Waals surface area contributed by atoms with Crippen LogP contribution in [0.15, 0.2) is 61.1 Å². The van der Waals surface area contributed by atoms with E-state index >= 15 is 0 Å². The molecule has 9 nitrogen and oxygen atoms in total. The Morgan fingerprint density at radius 2 is 1.97 bits per heavy atom. The maximum Gasteiger partial charge on any atom is 0.253 e. The molecule has 6 rings (SSSR count). The van der Waals surface area contributed by atoms with E-state index in [0.29, 0.717) is 29.0 Å². The monoisotopic (exact) mass is 511 g/mol. The van der Waals surface area contributed by atoms with Crippen molar-refractivity contribution in [3.63, 3.8) is 0 Å². The van der Waals surface area contributed by atoms with E-state index in [4.69, 9.17) is 4.74 Å². The van der Waals surface area contributed by atoms with E-state index in [1.54, 1.807) is 36.0 Å². The van der Waals surface area contributed by atoms with Gasteiger partial charge in [-0.25, -0.2) is 4.98 Å². The summed E-state index contributed by atoms with van der Waals surface area (Å²) < 4.78 is 7.64. The highest BCUT2D eigenvalue weighted by atomic mass is 32.1. The first-order valence-electron chi connectivity index (χ1n) is 12.2. The van der Waals surface area contributed by atoms with Gasteiger partial charge in [0, 0.05) is 29.2 Å². The van der Waals surface area contributed by atoms with Crippen molar-refractivity contribution in [3.05, 3.63) is 77.3 Å². The second-order valence-corrected chi connectivity index (χ2v) is 10.2. The Bertz CT molecular complexity index is 1570. The molecule has 5 aromatic heterocycles. The fourth-order valence-electron chi connectivity index (χ4n) is 4.62. The van der Waals surface area contributed by atoms with E-state index in [1.165, 1.54) is 4.88 Å². The number of thiophene rings is 1. The molecular formula is C27H25N7O2S. The van der Waals surface area contributed by atoms with Gasteiger partial charge >= 0.3 is 0 Å². The lowest BCUT2D eigenvalue weighted by Crippen LogP contribution is -2.44. The number of hydrogen-bond acceptors (Lipinski definition) is 8. The number of rotatable bonds is 7. The molecule has 0 aliphatic heterocycles. The average Bonchev–Trinajstić information content (AvgIpc) is 3.52. The summed E-state index contributed by atoms with van der Waals surface area (Å²) in [6.45, 7) is 4.61. The average molecular weight is 512 g/mol. The van der Waals surface area contributed by atoms with Crippen molar-refractivity contribution >= 4 is 28.3 Å². The van der Waals surface area contributed by atoms with Crippen LogP contribution in [-0.4, -0.2) is 48.3 Å². The van der Waals surface area contributed by atoms with Crippen molar-refractivity contribution in [2.24, 2.45) is 0 Å². The van der Waals surface area contributed by atoms with Gasteiger partial charge in [-0.05, 0) is 69.2 Å². The van der Waals surface area contributed by atoms with Crippen molar-refractivity contribution in [3.8, 4) is 22.3 Å². The highest BCUT2D eigenvalue weighted by Gasteiger charge is 2.36. The third kappa shape index (κ3) is 4.44. The molecule has 0 bridgehead atoms. The van der Waals surface area contributed by atoms with Gasteiger partial charge < -0.3 is 10.1 Å². The summed E-state index contributed by atoms with van der Waals surface area (Å²) in [4.78, 5) is 27.5. The highest BCUT2D eigenvalue weighted by Crippen LogP contribution is 2.39. The minimum absolute atomic E-state index is 0.0479. The van der Waals surface area contributed by atoms with Gasteiger partial charge in [0.05, 0.1) is 23.9 Å². The molecule has 1 saturated carbocycles. The van der Waals surface area contributed by atoms with Crippen molar-refractivity contribution in [1.82, 2.24) is 35.0 Å². The molecule has 0 aromatic carbocycles. The van der Waals surface area contributed by atoms with Crippen molar-refractivity contribution in [2.45, 2.75) is 38.6 Å². The summed E-state index contributed by atoms with van der Waals surface area (Å²) in [7, 11) is 0. The number of aryl methyl sites for hydroxylation is 1. The standard InChI is InChI=1S/C27H25N7O2S/c1-3-36-19-7-8-22(30-15-19)26-33-32-25(34(26)23-9-6-16(2)37-23)17-13-18(14-17)31-27(35)20-10-12-28-21-5-4-11-29-24(20)21/h4-12,15,17-18H,3,13-14H2,1-2H3,(H,31,35)/t17-,18-. The predicted molar refractivity (Wildman–Crippen MR) is 141 cm³/mol. The smallest absolute Gasteiger partial charge is 0.253 e. The molecule has 0 radical (unpaired) electrons. The molecule has 1 fully saturated rings. The molecule has 5 heterocycles. The second kappa shape index (κ2) is 9.70. The van der Waals surface area contributed by atoms with Crippen LogP contribution in [-0.2, 0) is 0 Å². The first kappa shape index (κ1) is 23.2. The van der Waals surface area contributed by atoms with Crippen LogP contribution in [0.3, 0.4) is 0 Å². The van der Waals surface area contributed by atoms with Gasteiger partial charge in [-0.15, -0.1) is 21.5 Å². The first-order valence-corrected chi connectivity index (χ1v) is 13.0. The molecule has 0 atom stereocenters. The van der Waals surface area contributed by atoms with Gasteiger partial charge in [-0.3, -0.25) is 19.3 Å². The Kier molecular flexibility index (Phi) is 6.09. The molecule has 37 heavy (non-hydrogen) atoms. The molecular weight excluding hydrogens is 486 g/mol. The predicted octanol–water partition coefficient (Wildman–Crippen LogP) is 4.72. The Hall–Kier alpha value is -4.18. The number of ether oxygens (including phenoxy) is 1. The molecule has 0 spiro atoms. The topological polar surface area (TPSA) is 108 Å². The lowest BCUT2D eigenvalue weighted by molar-refractivity contribution is 0.0908. The van der Waals surface area contributed by atoms with Gasteiger partial charge in [0.2, 0.25) is 0 Å². The van der Waals surface area contributed by atoms with E-state index in [1.807, 2.05) is 31.2 Å². The van der Waals surface area contributed by atoms with Gasteiger partial charge in [-0.1, -0.05) is 0 Å². The number of nitrogens with zero attached hydrogens (tertiary/aromatic N) is 6. The van der Waals surface area contributed by atoms with Crippen LogP contribution in [0.1, 0.15) is 46.7 Å². The van der Waals surface area contributed by atoms with E-state index in [2.05, 4.69) is 54.1 Å². The Morgan fingerprint density at radius 3 is 2.73 bits per heavy atom. The summed E-state index contributed by atoms with van der Waals surface area (Å²) >= 11 is 1.69. The summed E-state index contributed by atoms with van der Waals surface area (Å²) in [6, 6.07) is 13.4. The van der Waals surface area contributed by atoms with E-state index in [0.717, 1.165) is 35.1 Å². The lowest BCUT2D eigenvalue weighted by Gasteiger charge is -2.35. The van der Waals surface area contributed by atoms with E-state index in [9.17, 15) is 4.79 Å². The number of amides is 1. The van der Waals surface area contributed by atoms with Crippen LogP contribution in [0.25, 0.3) is 27.6 Å². The maximum atomic E-state index is 13.0. The molecule has 5 aromatic rings. The number of carbonyl (C=O) groups is 1. The van der Waals surface area contributed by atoms with Crippen LogP contribution >= 0.6 is 11.3 Å². The minimum Gasteiger partial charge on any atom is -0.492 e. The number of fused-ring (bicyclic) bond motifs is 1. The number of nitrogens with one attached hydrogen (secondary N) is 1. The molecule has 1 N–H and O–H groups in total. The van der Waals surface area contributed by atoms with Crippen LogP contribution in [0.5, 0.6) is 5.75 Å². The zero-order valence-electron chi connectivity index (χ0n) is 20.5. The summed E-state index contributed by atoms with van der Waals surface area (Å²) in [6.07, 6.45) is 6.59. The van der Waals surface area contributed by atoms with Crippen LogP contribution in [0.2, 0.25) is 0 Å².